The molecular formula is C10H9F14O4P. The largest absolute Gasteiger partial charge is 0.472 e. The summed E-state index contributed by atoms with van der Waals surface area (Å²) in [6.45, 7) is -4.00. The quantitative estimate of drug-likeness (QED) is 0.322. The summed E-state index contributed by atoms with van der Waals surface area (Å²) >= 11 is 0. The van der Waals surface area contributed by atoms with Gasteiger partial charge in [0.1, 0.15) is 0 Å². The number of hydrogen-bond donors (Lipinski definition) is 1. The molecular weight excluding hydrogens is 481 g/mol. The van der Waals surface area contributed by atoms with E-state index in [1.165, 1.54) is 0 Å². The van der Waals surface area contributed by atoms with Gasteiger partial charge < -0.3 is 4.89 Å². The fourth-order valence-electron chi connectivity index (χ4n) is 1.32. The molecule has 176 valence electrons. The Labute approximate surface area is 151 Å². The molecule has 0 fully saturated rings. The van der Waals surface area contributed by atoms with E-state index in [2.05, 4.69) is 9.05 Å². The van der Waals surface area contributed by atoms with Gasteiger partial charge in [-0.05, 0) is 0 Å². The molecule has 0 aliphatic heterocycles. The van der Waals surface area contributed by atoms with Gasteiger partial charge in [0.2, 0.25) is 0 Å². The van der Waals surface area contributed by atoms with Gasteiger partial charge in [-0.2, -0.15) is 61.5 Å². The van der Waals surface area contributed by atoms with Crippen molar-refractivity contribution in [2.45, 2.75) is 48.9 Å². The monoisotopic (exact) mass is 490 g/mol. The molecule has 1 N–H and O–H groups in total. The first-order chi connectivity index (χ1) is 12.4. The van der Waals surface area contributed by atoms with E-state index in [1.54, 1.807) is 0 Å². The van der Waals surface area contributed by atoms with Crippen LogP contribution in [0.4, 0.5) is 61.5 Å². The van der Waals surface area contributed by atoms with Gasteiger partial charge >= 0.3 is 43.9 Å². The van der Waals surface area contributed by atoms with Gasteiger partial charge in [0, 0.05) is 12.8 Å². The number of phosphoric ester groups is 1. The molecule has 0 radical (unpaired) electrons. The number of halogens is 14. The van der Waals surface area contributed by atoms with Gasteiger partial charge in [0.25, 0.3) is 0 Å². The molecule has 0 saturated heterocycles. The highest BCUT2D eigenvalue weighted by molar-refractivity contribution is 7.47. The van der Waals surface area contributed by atoms with Gasteiger partial charge in [0.05, 0.1) is 13.2 Å². The molecule has 0 aromatic heterocycles. The Morgan fingerprint density at radius 1 is 0.586 bits per heavy atom. The predicted molar refractivity (Wildman–Crippen MR) is 62.9 cm³/mol. The van der Waals surface area contributed by atoms with Crippen LogP contribution in [-0.4, -0.2) is 54.1 Å². The Hall–Kier alpha value is -0.870. The first kappa shape index (κ1) is 28.1. The zero-order valence-electron chi connectivity index (χ0n) is 13.2. The van der Waals surface area contributed by atoms with Crippen LogP contribution in [0.1, 0.15) is 12.8 Å². The van der Waals surface area contributed by atoms with Crippen molar-refractivity contribution in [1.29, 1.82) is 0 Å². The van der Waals surface area contributed by atoms with Gasteiger partial charge in [-0.1, -0.05) is 0 Å². The van der Waals surface area contributed by atoms with E-state index in [0.29, 0.717) is 0 Å². The van der Waals surface area contributed by atoms with E-state index in [-0.39, 0.29) is 0 Å². The molecule has 0 bridgehead atoms. The average Bonchev–Trinajstić information content (AvgIpc) is 2.43. The highest BCUT2D eigenvalue weighted by Crippen LogP contribution is 2.54. The fourth-order valence-corrected chi connectivity index (χ4v) is 2.04. The number of rotatable bonds is 10. The minimum absolute atomic E-state index is 1.86. The van der Waals surface area contributed by atoms with Crippen molar-refractivity contribution < 1.29 is 80.0 Å². The summed E-state index contributed by atoms with van der Waals surface area (Å²) < 4.78 is 191. The minimum Gasteiger partial charge on any atom is -0.302 e. The van der Waals surface area contributed by atoms with E-state index < -0.39 is 69.9 Å². The molecule has 0 aromatic carbocycles. The first-order valence-electron chi connectivity index (χ1n) is 6.68. The molecule has 0 aromatic rings. The van der Waals surface area contributed by atoms with E-state index in [1.807, 2.05) is 0 Å². The van der Waals surface area contributed by atoms with Gasteiger partial charge in [-0.25, -0.2) is 4.57 Å². The van der Waals surface area contributed by atoms with E-state index >= 15 is 0 Å². The topological polar surface area (TPSA) is 55.8 Å². The second-order valence-corrected chi connectivity index (χ2v) is 6.64. The first-order valence-corrected chi connectivity index (χ1v) is 8.17. The fraction of sp³-hybridized carbons (Fsp3) is 1.00. The summed E-state index contributed by atoms with van der Waals surface area (Å²) in [7, 11) is -5.73. The van der Waals surface area contributed by atoms with Crippen LogP contribution in [0.3, 0.4) is 0 Å². The number of phosphoric acid groups is 1. The van der Waals surface area contributed by atoms with Crippen LogP contribution in [0.15, 0.2) is 0 Å². The molecule has 29 heavy (non-hydrogen) atoms. The number of hydrogen-bond acceptors (Lipinski definition) is 3. The smallest absolute Gasteiger partial charge is 0.302 e. The second-order valence-electron chi connectivity index (χ2n) is 5.19. The molecule has 0 saturated carbocycles. The molecule has 0 amide bonds. The Morgan fingerprint density at radius 3 is 1.24 bits per heavy atom. The predicted octanol–water partition coefficient (Wildman–Crippen LogP) is 5.57. The highest BCUT2D eigenvalue weighted by Gasteiger charge is 2.81. The lowest BCUT2D eigenvalue weighted by Crippen LogP contribution is -2.61. The van der Waals surface area contributed by atoms with Crippen LogP contribution in [0.25, 0.3) is 0 Å². The molecule has 0 heterocycles. The van der Waals surface area contributed by atoms with E-state index in [4.69, 9.17) is 4.89 Å². The van der Waals surface area contributed by atoms with Crippen molar-refractivity contribution in [3.05, 3.63) is 0 Å². The lowest BCUT2D eigenvalue weighted by atomic mass is 10.0. The van der Waals surface area contributed by atoms with Gasteiger partial charge in [0.15, 0.2) is 0 Å². The van der Waals surface area contributed by atoms with Crippen LogP contribution < -0.4 is 0 Å². The third kappa shape index (κ3) is 6.55. The van der Waals surface area contributed by atoms with Crippen LogP contribution in [0, 0.1) is 0 Å². The summed E-state index contributed by atoms with van der Waals surface area (Å²) in [6, 6.07) is 0. The summed E-state index contributed by atoms with van der Waals surface area (Å²) in [5.74, 6) is -25.8. The molecule has 0 aliphatic rings. The van der Waals surface area contributed by atoms with Crippen LogP contribution in [-0.2, 0) is 13.6 Å². The van der Waals surface area contributed by atoms with Gasteiger partial charge in [-0.3, -0.25) is 9.05 Å². The standard InChI is InChI=1S/C10H9F14O4P/c11-5(12,7(15,16)8(17,18)10(22,23)24)1-3-27-29(25,26)28-4-2-6(13,14)9(19,20)21/h1-4H2,(H,25,26). The third-order valence-electron chi connectivity index (χ3n) is 2.97. The SMILES string of the molecule is O=P(O)(OCCC(F)(F)C(F)(F)F)OCCC(F)(F)C(F)(F)C(F)(F)C(F)(F)F. The summed E-state index contributed by atoms with van der Waals surface area (Å²) in [4.78, 5) is 8.83. The van der Waals surface area contributed by atoms with Crippen LogP contribution in [0.2, 0.25) is 0 Å². The maximum absolute atomic E-state index is 13.1. The summed E-state index contributed by atoms with van der Waals surface area (Å²) in [5, 5.41) is 0. The molecule has 1 unspecified atom stereocenters. The maximum atomic E-state index is 13.1. The summed E-state index contributed by atoms with van der Waals surface area (Å²) in [6.07, 6.45) is -18.2. The Balaban J connectivity index is 4.90. The van der Waals surface area contributed by atoms with Gasteiger partial charge in [-0.15, -0.1) is 0 Å². The number of alkyl halides is 14. The van der Waals surface area contributed by atoms with Crippen molar-refractivity contribution >= 4 is 7.82 Å². The zero-order chi connectivity index (χ0) is 23.7. The minimum atomic E-state index is -7.22. The Morgan fingerprint density at radius 2 is 0.931 bits per heavy atom. The average molecular weight is 490 g/mol. The molecule has 1 atom stereocenters. The van der Waals surface area contributed by atoms with Crippen LogP contribution >= 0.6 is 7.82 Å². The molecule has 4 nitrogen and oxygen atoms in total. The third-order valence-corrected chi connectivity index (χ3v) is 3.98. The second kappa shape index (κ2) is 8.34. The van der Waals surface area contributed by atoms with Crippen molar-refractivity contribution in [3.63, 3.8) is 0 Å². The lowest BCUT2D eigenvalue weighted by molar-refractivity contribution is -0.397. The van der Waals surface area contributed by atoms with Crippen molar-refractivity contribution in [2.75, 3.05) is 13.2 Å². The molecule has 19 heteroatoms. The highest BCUT2D eigenvalue weighted by atomic mass is 31.2. The Bertz CT molecular complexity index is 598. The maximum Gasteiger partial charge on any atom is 0.472 e. The van der Waals surface area contributed by atoms with Crippen molar-refractivity contribution in [3.8, 4) is 0 Å². The molecule has 0 spiro atoms. The zero-order valence-corrected chi connectivity index (χ0v) is 14.1. The van der Waals surface area contributed by atoms with E-state index in [0.717, 1.165) is 0 Å². The van der Waals surface area contributed by atoms with Crippen molar-refractivity contribution in [2.24, 2.45) is 0 Å². The molecule has 0 rings (SSSR count). The normalized spacial score (nSPS) is 17.3. The molecule has 0 aliphatic carbocycles. The van der Waals surface area contributed by atoms with Crippen LogP contribution in [0.5, 0.6) is 0 Å². The summed E-state index contributed by atoms with van der Waals surface area (Å²) in [5.41, 5.74) is 0. The van der Waals surface area contributed by atoms with Crippen molar-refractivity contribution in [1.82, 2.24) is 0 Å². The Kier molecular flexibility index (Phi) is 8.09. The lowest BCUT2D eigenvalue weighted by Gasteiger charge is -2.33. The van der Waals surface area contributed by atoms with E-state index in [9.17, 15) is 66.0 Å².